The van der Waals surface area contributed by atoms with Crippen LogP contribution in [0.5, 0.6) is 0 Å². The molecule has 1 saturated heterocycles. The standard InChI is InChI=1S/C15H26N4/c1-11(2)15-17-13-10-16-7-4-14(13)19(15)12-5-8-18(3)9-6-12/h11-12,16H,4-10H2,1-3H3. The summed E-state index contributed by atoms with van der Waals surface area (Å²) in [6.07, 6.45) is 3.68. The second-order valence-electron chi connectivity index (χ2n) is 6.35. The molecule has 2 aliphatic rings. The SMILES string of the molecule is CC(C)c1nc2c(n1C1CCN(C)CC1)CCNC2. The predicted octanol–water partition coefficient (Wildman–Crippen LogP) is 1.92. The number of nitrogens with zero attached hydrogens (tertiary/aromatic N) is 3. The van der Waals surface area contributed by atoms with E-state index in [1.54, 1.807) is 0 Å². The minimum Gasteiger partial charge on any atom is -0.328 e. The summed E-state index contributed by atoms with van der Waals surface area (Å²) in [6, 6.07) is 0.669. The highest BCUT2D eigenvalue weighted by molar-refractivity contribution is 5.23. The highest BCUT2D eigenvalue weighted by Gasteiger charge is 2.27. The van der Waals surface area contributed by atoms with Crippen molar-refractivity contribution in [1.82, 2.24) is 19.8 Å². The van der Waals surface area contributed by atoms with Crippen molar-refractivity contribution in [3.05, 3.63) is 17.2 Å². The molecule has 0 amide bonds. The first-order valence-corrected chi connectivity index (χ1v) is 7.66. The van der Waals surface area contributed by atoms with Crippen molar-refractivity contribution in [3.8, 4) is 0 Å². The molecule has 0 saturated carbocycles. The van der Waals surface area contributed by atoms with E-state index in [-0.39, 0.29) is 0 Å². The Kier molecular flexibility index (Phi) is 3.63. The summed E-state index contributed by atoms with van der Waals surface area (Å²) in [5, 5.41) is 3.45. The fourth-order valence-electron chi connectivity index (χ4n) is 3.42. The van der Waals surface area contributed by atoms with Crippen molar-refractivity contribution in [1.29, 1.82) is 0 Å². The van der Waals surface area contributed by atoms with Crippen molar-refractivity contribution in [2.45, 2.75) is 51.6 Å². The molecule has 0 aliphatic carbocycles. The van der Waals surface area contributed by atoms with Gasteiger partial charge in [0.1, 0.15) is 5.82 Å². The van der Waals surface area contributed by atoms with Crippen LogP contribution in [0.4, 0.5) is 0 Å². The van der Waals surface area contributed by atoms with Gasteiger partial charge >= 0.3 is 0 Å². The zero-order valence-electron chi connectivity index (χ0n) is 12.4. The Hall–Kier alpha value is -0.870. The molecular weight excluding hydrogens is 236 g/mol. The Morgan fingerprint density at radius 3 is 2.68 bits per heavy atom. The molecule has 2 aliphatic heterocycles. The highest BCUT2D eigenvalue weighted by atomic mass is 15.2. The Bertz CT molecular complexity index is 441. The molecule has 0 unspecified atom stereocenters. The topological polar surface area (TPSA) is 33.1 Å². The highest BCUT2D eigenvalue weighted by Crippen LogP contribution is 2.31. The first kappa shape index (κ1) is 13.1. The van der Waals surface area contributed by atoms with Gasteiger partial charge in [-0.05, 0) is 33.0 Å². The van der Waals surface area contributed by atoms with Crippen molar-refractivity contribution < 1.29 is 0 Å². The van der Waals surface area contributed by atoms with E-state index in [2.05, 4.69) is 35.7 Å². The quantitative estimate of drug-likeness (QED) is 0.884. The van der Waals surface area contributed by atoms with Crippen LogP contribution in [0.3, 0.4) is 0 Å². The Morgan fingerprint density at radius 1 is 1.26 bits per heavy atom. The van der Waals surface area contributed by atoms with E-state index in [1.165, 1.54) is 43.1 Å². The number of fused-ring (bicyclic) bond motifs is 1. The monoisotopic (exact) mass is 262 g/mol. The maximum absolute atomic E-state index is 4.93. The molecule has 1 aromatic rings. The third kappa shape index (κ3) is 2.43. The average Bonchev–Trinajstić information content (AvgIpc) is 2.79. The molecule has 0 bridgehead atoms. The average molecular weight is 262 g/mol. The molecule has 4 heteroatoms. The normalized spacial score (nSPS) is 21.9. The van der Waals surface area contributed by atoms with Crippen LogP contribution in [-0.4, -0.2) is 41.1 Å². The fourth-order valence-corrected chi connectivity index (χ4v) is 3.42. The van der Waals surface area contributed by atoms with Crippen molar-refractivity contribution >= 4 is 0 Å². The van der Waals surface area contributed by atoms with Crippen LogP contribution in [0, 0.1) is 0 Å². The summed E-state index contributed by atoms with van der Waals surface area (Å²) in [5.74, 6) is 1.83. The van der Waals surface area contributed by atoms with E-state index >= 15 is 0 Å². The summed E-state index contributed by atoms with van der Waals surface area (Å²) in [6.45, 7) is 9.03. The maximum Gasteiger partial charge on any atom is 0.112 e. The lowest BCUT2D eigenvalue weighted by atomic mass is 10.0. The summed E-state index contributed by atoms with van der Waals surface area (Å²) in [7, 11) is 2.23. The predicted molar refractivity (Wildman–Crippen MR) is 77.5 cm³/mol. The van der Waals surface area contributed by atoms with E-state index in [0.29, 0.717) is 12.0 Å². The van der Waals surface area contributed by atoms with E-state index in [0.717, 1.165) is 19.5 Å². The van der Waals surface area contributed by atoms with Gasteiger partial charge in [0.2, 0.25) is 0 Å². The fraction of sp³-hybridized carbons (Fsp3) is 0.800. The third-order valence-corrected chi connectivity index (χ3v) is 4.52. The number of hydrogen-bond acceptors (Lipinski definition) is 3. The molecule has 3 heterocycles. The van der Waals surface area contributed by atoms with Crippen LogP contribution in [0.25, 0.3) is 0 Å². The molecule has 0 atom stereocenters. The molecule has 1 aromatic heterocycles. The van der Waals surface area contributed by atoms with Gasteiger partial charge in [0.05, 0.1) is 5.69 Å². The summed E-state index contributed by atoms with van der Waals surface area (Å²) in [4.78, 5) is 7.37. The minimum atomic E-state index is 0.519. The number of rotatable bonds is 2. The number of nitrogens with one attached hydrogen (secondary N) is 1. The second-order valence-corrected chi connectivity index (χ2v) is 6.35. The third-order valence-electron chi connectivity index (χ3n) is 4.52. The van der Waals surface area contributed by atoms with Gasteiger partial charge in [-0.1, -0.05) is 13.8 Å². The van der Waals surface area contributed by atoms with E-state index in [1.807, 2.05) is 0 Å². The van der Waals surface area contributed by atoms with E-state index in [4.69, 9.17) is 4.98 Å². The van der Waals surface area contributed by atoms with Crippen LogP contribution >= 0.6 is 0 Å². The molecule has 106 valence electrons. The van der Waals surface area contributed by atoms with E-state index in [9.17, 15) is 0 Å². The Labute approximate surface area is 116 Å². The van der Waals surface area contributed by atoms with Gasteiger partial charge in [0, 0.05) is 37.2 Å². The largest absolute Gasteiger partial charge is 0.328 e. The molecule has 19 heavy (non-hydrogen) atoms. The number of piperidine rings is 1. The van der Waals surface area contributed by atoms with E-state index < -0.39 is 0 Å². The van der Waals surface area contributed by atoms with Gasteiger partial charge in [-0.15, -0.1) is 0 Å². The maximum atomic E-state index is 4.93. The van der Waals surface area contributed by atoms with Crippen molar-refractivity contribution in [2.24, 2.45) is 0 Å². The minimum absolute atomic E-state index is 0.519. The van der Waals surface area contributed by atoms with Gasteiger partial charge in [0.15, 0.2) is 0 Å². The van der Waals surface area contributed by atoms with Gasteiger partial charge < -0.3 is 14.8 Å². The van der Waals surface area contributed by atoms with Gasteiger partial charge in [-0.3, -0.25) is 0 Å². The van der Waals surface area contributed by atoms with Crippen molar-refractivity contribution in [3.63, 3.8) is 0 Å². The first-order valence-electron chi connectivity index (χ1n) is 7.66. The molecule has 0 radical (unpaired) electrons. The first-order chi connectivity index (χ1) is 9.16. The van der Waals surface area contributed by atoms with Gasteiger partial charge in [-0.2, -0.15) is 0 Å². The Balaban J connectivity index is 1.96. The molecule has 0 spiro atoms. The second kappa shape index (κ2) is 5.25. The lowest BCUT2D eigenvalue weighted by Gasteiger charge is -2.33. The van der Waals surface area contributed by atoms with Gasteiger partial charge in [0.25, 0.3) is 0 Å². The summed E-state index contributed by atoms with van der Waals surface area (Å²) >= 11 is 0. The molecule has 1 fully saturated rings. The van der Waals surface area contributed by atoms with Crippen molar-refractivity contribution in [2.75, 3.05) is 26.7 Å². The number of hydrogen-bond donors (Lipinski definition) is 1. The molecule has 3 rings (SSSR count). The molecule has 0 aromatic carbocycles. The zero-order chi connectivity index (χ0) is 13.4. The van der Waals surface area contributed by atoms with Crippen LogP contribution < -0.4 is 5.32 Å². The zero-order valence-corrected chi connectivity index (χ0v) is 12.4. The van der Waals surface area contributed by atoms with Crippen LogP contribution in [-0.2, 0) is 13.0 Å². The lowest BCUT2D eigenvalue weighted by molar-refractivity contribution is 0.215. The number of likely N-dealkylation sites (tertiary alicyclic amines) is 1. The Morgan fingerprint density at radius 2 is 2.00 bits per heavy atom. The van der Waals surface area contributed by atoms with Crippen LogP contribution in [0.15, 0.2) is 0 Å². The van der Waals surface area contributed by atoms with Crippen LogP contribution in [0.1, 0.15) is 55.9 Å². The summed E-state index contributed by atoms with van der Waals surface area (Å²) in [5.41, 5.74) is 2.81. The molecule has 1 N–H and O–H groups in total. The smallest absolute Gasteiger partial charge is 0.112 e. The number of aromatic nitrogens is 2. The van der Waals surface area contributed by atoms with Crippen LogP contribution in [0.2, 0.25) is 0 Å². The summed E-state index contributed by atoms with van der Waals surface area (Å²) < 4.78 is 2.60. The lowest BCUT2D eigenvalue weighted by Crippen LogP contribution is -2.33. The molecular formula is C15H26N4. The molecule has 4 nitrogen and oxygen atoms in total. The number of imidazole rings is 1. The van der Waals surface area contributed by atoms with Gasteiger partial charge in [-0.25, -0.2) is 4.98 Å².